The van der Waals surface area contributed by atoms with Crippen LogP contribution in [0.3, 0.4) is 0 Å². The highest BCUT2D eigenvalue weighted by Gasteiger charge is 2.09. The van der Waals surface area contributed by atoms with E-state index in [2.05, 4.69) is 16.5 Å². The minimum atomic E-state index is -0.163. The van der Waals surface area contributed by atoms with Crippen LogP contribution in [0.15, 0.2) is 12.8 Å². The van der Waals surface area contributed by atoms with Crippen molar-refractivity contribution in [2.45, 2.75) is 0 Å². The van der Waals surface area contributed by atoms with Crippen molar-refractivity contribution in [2.24, 2.45) is 0 Å². The van der Waals surface area contributed by atoms with E-state index in [4.69, 9.17) is 14.6 Å². The zero-order chi connectivity index (χ0) is 10.6. The Balaban J connectivity index is 3.07. The summed E-state index contributed by atoms with van der Waals surface area (Å²) in [5.41, 5.74) is 0.976. The lowest BCUT2D eigenvalue weighted by atomic mass is 10.2. The monoisotopic (exact) mass is 196 g/mol. The van der Waals surface area contributed by atoms with Crippen LogP contribution in [0, 0.1) is 0 Å². The summed E-state index contributed by atoms with van der Waals surface area (Å²) in [4.78, 5) is 8.02. The first-order valence-corrected chi connectivity index (χ1v) is 3.97. The molecule has 0 bridgehead atoms. The highest BCUT2D eigenvalue weighted by Crippen LogP contribution is 2.22. The number of ether oxygens (including phenoxy) is 2. The summed E-state index contributed by atoms with van der Waals surface area (Å²) in [5, 5.41) is 8.84. The molecule has 0 saturated heterocycles. The largest absolute Gasteiger partial charge is 0.477 e. The van der Waals surface area contributed by atoms with Gasteiger partial charge in [0.05, 0.1) is 32.7 Å². The Hall–Kier alpha value is -1.62. The van der Waals surface area contributed by atoms with Crippen molar-refractivity contribution in [3.8, 4) is 11.8 Å². The molecular weight excluding hydrogens is 184 g/mol. The van der Waals surface area contributed by atoms with Crippen molar-refractivity contribution >= 4 is 5.57 Å². The first-order valence-electron chi connectivity index (χ1n) is 3.97. The van der Waals surface area contributed by atoms with Crippen LogP contribution < -0.4 is 9.47 Å². The van der Waals surface area contributed by atoms with Crippen molar-refractivity contribution in [1.29, 1.82) is 0 Å². The molecule has 1 rings (SSSR count). The smallest absolute Gasteiger partial charge is 0.278 e. The number of rotatable bonds is 4. The minimum absolute atomic E-state index is 0.163. The highest BCUT2D eigenvalue weighted by atomic mass is 16.5. The Morgan fingerprint density at radius 3 is 2.57 bits per heavy atom. The quantitative estimate of drug-likeness (QED) is 0.759. The van der Waals surface area contributed by atoms with E-state index < -0.39 is 0 Å². The van der Waals surface area contributed by atoms with Gasteiger partial charge in [0.2, 0.25) is 0 Å². The van der Waals surface area contributed by atoms with Gasteiger partial charge >= 0.3 is 0 Å². The summed E-state index contributed by atoms with van der Waals surface area (Å²) in [6.45, 7) is 3.46. The Bertz CT molecular complexity index is 339. The van der Waals surface area contributed by atoms with Gasteiger partial charge in [0.1, 0.15) is 0 Å². The average Bonchev–Trinajstić information content (AvgIpc) is 2.26. The first-order chi connectivity index (χ1) is 6.72. The van der Waals surface area contributed by atoms with Gasteiger partial charge in [-0.15, -0.1) is 0 Å². The van der Waals surface area contributed by atoms with Crippen LogP contribution in [-0.2, 0) is 0 Å². The maximum atomic E-state index is 8.84. The molecule has 0 unspecified atom stereocenters. The fourth-order valence-electron chi connectivity index (χ4n) is 0.885. The first kappa shape index (κ1) is 10.5. The van der Waals surface area contributed by atoms with Crippen molar-refractivity contribution in [2.75, 3.05) is 20.8 Å². The average molecular weight is 196 g/mol. The van der Waals surface area contributed by atoms with Gasteiger partial charge in [0.15, 0.2) is 0 Å². The summed E-state index contributed by atoms with van der Waals surface area (Å²) in [5.74, 6) is 0.585. The fraction of sp³-hybridized carbons (Fsp3) is 0.333. The zero-order valence-corrected chi connectivity index (χ0v) is 8.15. The summed E-state index contributed by atoms with van der Waals surface area (Å²) >= 11 is 0. The van der Waals surface area contributed by atoms with Crippen LogP contribution in [0.25, 0.3) is 5.57 Å². The Kier molecular flexibility index (Phi) is 3.41. The standard InChI is InChI=1S/C9H12N2O3/c1-6(5-12)7-4-10-8(13-2)9(11-7)14-3/h4,12H,1,5H2,2-3H3. The van der Waals surface area contributed by atoms with Crippen molar-refractivity contribution < 1.29 is 14.6 Å². The lowest BCUT2D eigenvalue weighted by Gasteiger charge is -2.07. The van der Waals surface area contributed by atoms with Crippen LogP contribution >= 0.6 is 0 Å². The van der Waals surface area contributed by atoms with E-state index >= 15 is 0 Å². The molecule has 0 spiro atoms. The number of hydrogen-bond acceptors (Lipinski definition) is 5. The normalized spacial score (nSPS) is 9.64. The summed E-state index contributed by atoms with van der Waals surface area (Å²) in [7, 11) is 2.95. The summed E-state index contributed by atoms with van der Waals surface area (Å²) < 4.78 is 9.86. The van der Waals surface area contributed by atoms with Crippen molar-refractivity contribution in [1.82, 2.24) is 9.97 Å². The third-order valence-electron chi connectivity index (χ3n) is 1.65. The van der Waals surface area contributed by atoms with Gasteiger partial charge in [-0.1, -0.05) is 6.58 Å². The zero-order valence-electron chi connectivity index (χ0n) is 8.15. The van der Waals surface area contributed by atoms with Gasteiger partial charge in [0, 0.05) is 0 Å². The summed E-state index contributed by atoms with van der Waals surface area (Å²) in [6.07, 6.45) is 1.47. The Labute approximate surface area is 82.0 Å². The van der Waals surface area contributed by atoms with Crippen LogP contribution in [0.5, 0.6) is 11.8 Å². The molecule has 1 N–H and O–H groups in total. The molecule has 5 heteroatoms. The second-order valence-corrected chi connectivity index (χ2v) is 2.54. The summed E-state index contributed by atoms with van der Waals surface area (Å²) in [6, 6.07) is 0. The molecule has 14 heavy (non-hydrogen) atoms. The van der Waals surface area contributed by atoms with Crippen LogP contribution in [0.2, 0.25) is 0 Å². The van der Waals surface area contributed by atoms with Gasteiger partial charge in [0.25, 0.3) is 11.8 Å². The molecule has 0 aliphatic carbocycles. The van der Waals surface area contributed by atoms with E-state index in [0.717, 1.165) is 0 Å². The fourth-order valence-corrected chi connectivity index (χ4v) is 0.885. The Morgan fingerprint density at radius 2 is 2.07 bits per heavy atom. The van der Waals surface area contributed by atoms with E-state index in [1.165, 1.54) is 20.4 Å². The molecule has 1 aromatic rings. The van der Waals surface area contributed by atoms with Gasteiger partial charge in [-0.05, 0) is 5.57 Å². The van der Waals surface area contributed by atoms with Crippen LogP contribution in [0.4, 0.5) is 0 Å². The molecule has 0 aliphatic rings. The van der Waals surface area contributed by atoms with E-state index in [9.17, 15) is 0 Å². The van der Waals surface area contributed by atoms with Crippen LogP contribution in [-0.4, -0.2) is 35.9 Å². The molecule has 5 nitrogen and oxygen atoms in total. The SMILES string of the molecule is C=C(CO)c1cnc(OC)c(OC)n1. The third-order valence-corrected chi connectivity index (χ3v) is 1.65. The third kappa shape index (κ3) is 2.00. The van der Waals surface area contributed by atoms with Gasteiger partial charge in [-0.25, -0.2) is 9.97 Å². The lowest BCUT2D eigenvalue weighted by Crippen LogP contribution is -2.00. The number of methoxy groups -OCH3 is 2. The number of aliphatic hydroxyl groups is 1. The van der Waals surface area contributed by atoms with Crippen LogP contribution in [0.1, 0.15) is 5.69 Å². The molecule has 76 valence electrons. The molecule has 0 aromatic carbocycles. The molecule has 0 amide bonds. The molecule has 0 atom stereocenters. The number of nitrogens with zero attached hydrogens (tertiary/aromatic N) is 2. The minimum Gasteiger partial charge on any atom is -0.477 e. The topological polar surface area (TPSA) is 64.5 Å². The van der Waals surface area contributed by atoms with Gasteiger partial charge < -0.3 is 14.6 Å². The molecule has 1 heterocycles. The maximum Gasteiger partial charge on any atom is 0.278 e. The Morgan fingerprint density at radius 1 is 1.43 bits per heavy atom. The van der Waals surface area contributed by atoms with E-state index in [1.54, 1.807) is 0 Å². The predicted octanol–water partition coefficient (Wildman–Crippen LogP) is 0.499. The maximum absolute atomic E-state index is 8.84. The number of hydrogen-bond donors (Lipinski definition) is 1. The van der Waals surface area contributed by atoms with Crippen molar-refractivity contribution in [3.63, 3.8) is 0 Å². The van der Waals surface area contributed by atoms with Gasteiger partial charge in [-0.3, -0.25) is 0 Å². The van der Waals surface area contributed by atoms with E-state index in [-0.39, 0.29) is 12.5 Å². The molecule has 0 fully saturated rings. The predicted molar refractivity (Wildman–Crippen MR) is 51.3 cm³/mol. The number of aromatic nitrogens is 2. The molecule has 0 radical (unpaired) electrons. The molecule has 1 aromatic heterocycles. The van der Waals surface area contributed by atoms with Crippen molar-refractivity contribution in [3.05, 3.63) is 18.5 Å². The van der Waals surface area contributed by atoms with E-state index in [0.29, 0.717) is 17.1 Å². The lowest BCUT2D eigenvalue weighted by molar-refractivity contribution is 0.329. The molecular formula is C9H12N2O3. The molecule has 0 aliphatic heterocycles. The highest BCUT2D eigenvalue weighted by molar-refractivity contribution is 5.60. The number of aliphatic hydroxyl groups excluding tert-OH is 1. The molecule has 0 saturated carbocycles. The van der Waals surface area contributed by atoms with E-state index in [1.807, 2.05) is 0 Å². The van der Waals surface area contributed by atoms with Gasteiger partial charge in [-0.2, -0.15) is 0 Å². The second-order valence-electron chi connectivity index (χ2n) is 2.54. The second kappa shape index (κ2) is 4.57.